The molecule has 0 N–H and O–H groups in total. The largest absolute Gasteiger partial charge is 0.497 e. The molecule has 144 valence electrons. The summed E-state index contributed by atoms with van der Waals surface area (Å²) in [6.07, 6.45) is 3.34. The Morgan fingerprint density at radius 3 is 2.41 bits per heavy atom. The Balaban J connectivity index is 1.72. The molecule has 1 aliphatic rings. The first-order chi connectivity index (χ1) is 13.2. The van der Waals surface area contributed by atoms with E-state index in [-0.39, 0.29) is 0 Å². The summed E-state index contributed by atoms with van der Waals surface area (Å²) in [5, 5.41) is 0. The predicted molar refractivity (Wildman–Crippen MR) is 113 cm³/mol. The summed E-state index contributed by atoms with van der Waals surface area (Å²) in [6, 6.07) is 19.8. The van der Waals surface area contributed by atoms with Crippen molar-refractivity contribution in [3.05, 3.63) is 77.4 Å². The number of allylic oxidation sites excluding steroid dienone is 1. The molecule has 0 spiro atoms. The molecule has 2 aromatic rings. The molecule has 1 unspecified atom stereocenters. The van der Waals surface area contributed by atoms with Gasteiger partial charge in [0.25, 0.3) is 0 Å². The van der Waals surface area contributed by atoms with Gasteiger partial charge in [0.1, 0.15) is 5.75 Å². The number of rotatable bonds is 7. The monoisotopic (exact) mass is 364 g/mol. The maximum absolute atomic E-state index is 5.42. The van der Waals surface area contributed by atoms with Crippen molar-refractivity contribution in [1.29, 1.82) is 0 Å². The van der Waals surface area contributed by atoms with Crippen molar-refractivity contribution in [2.75, 3.05) is 39.8 Å². The number of piperazine rings is 1. The maximum Gasteiger partial charge on any atom is 0.119 e. The lowest BCUT2D eigenvalue weighted by Crippen LogP contribution is -2.48. The summed E-state index contributed by atoms with van der Waals surface area (Å²) in [5.41, 5.74) is 4.13. The third-order valence-electron chi connectivity index (χ3n) is 5.35. The molecule has 0 amide bonds. The third kappa shape index (κ3) is 5.69. The van der Waals surface area contributed by atoms with Crippen LogP contribution in [0.5, 0.6) is 5.75 Å². The fourth-order valence-electron chi connectivity index (χ4n) is 3.72. The van der Waals surface area contributed by atoms with Crippen LogP contribution in [-0.2, 0) is 6.42 Å². The van der Waals surface area contributed by atoms with Crippen LogP contribution >= 0.6 is 0 Å². The van der Waals surface area contributed by atoms with E-state index in [0.717, 1.165) is 44.9 Å². The average Bonchev–Trinajstić information content (AvgIpc) is 2.72. The maximum atomic E-state index is 5.42. The smallest absolute Gasteiger partial charge is 0.119 e. The van der Waals surface area contributed by atoms with Crippen LogP contribution in [0, 0.1) is 0 Å². The Hall–Kier alpha value is -2.10. The second-order valence-corrected chi connectivity index (χ2v) is 7.60. The molecule has 3 nitrogen and oxygen atoms in total. The molecule has 2 aromatic carbocycles. The van der Waals surface area contributed by atoms with Crippen molar-refractivity contribution in [2.24, 2.45) is 0 Å². The van der Waals surface area contributed by atoms with Crippen molar-refractivity contribution in [3.63, 3.8) is 0 Å². The molecule has 27 heavy (non-hydrogen) atoms. The van der Waals surface area contributed by atoms with Crippen LogP contribution in [-0.4, -0.2) is 49.6 Å². The van der Waals surface area contributed by atoms with E-state index in [2.05, 4.69) is 78.3 Å². The zero-order chi connectivity index (χ0) is 19.1. The number of ether oxygens (including phenoxy) is 1. The quantitative estimate of drug-likeness (QED) is 0.670. The van der Waals surface area contributed by atoms with E-state index in [4.69, 9.17) is 4.74 Å². The minimum absolute atomic E-state index is 0.406. The van der Waals surface area contributed by atoms with Gasteiger partial charge in [0.05, 0.1) is 7.11 Å². The lowest BCUT2D eigenvalue weighted by molar-refractivity contribution is 0.102. The van der Waals surface area contributed by atoms with Crippen LogP contribution in [0.4, 0.5) is 0 Å². The molecule has 0 saturated carbocycles. The minimum Gasteiger partial charge on any atom is -0.497 e. The Bertz CT molecular complexity index is 729. The van der Waals surface area contributed by atoms with Crippen molar-refractivity contribution >= 4 is 0 Å². The summed E-state index contributed by atoms with van der Waals surface area (Å²) >= 11 is 0. The first-order valence-electron chi connectivity index (χ1n) is 9.93. The Morgan fingerprint density at radius 1 is 1.00 bits per heavy atom. The molecule has 3 heteroatoms. The van der Waals surface area contributed by atoms with Gasteiger partial charge in [-0.1, -0.05) is 54.1 Å². The highest BCUT2D eigenvalue weighted by Gasteiger charge is 2.25. The van der Waals surface area contributed by atoms with Crippen LogP contribution in [0.3, 0.4) is 0 Å². The number of hydrogen-bond donors (Lipinski definition) is 0. The van der Waals surface area contributed by atoms with Crippen LogP contribution in [0.2, 0.25) is 0 Å². The summed E-state index contributed by atoms with van der Waals surface area (Å²) < 4.78 is 5.42. The van der Waals surface area contributed by atoms with Gasteiger partial charge in [-0.3, -0.25) is 9.80 Å². The summed E-state index contributed by atoms with van der Waals surface area (Å²) in [7, 11) is 1.74. The molecular formula is C24H32N2O. The topological polar surface area (TPSA) is 15.7 Å². The zero-order valence-electron chi connectivity index (χ0n) is 16.9. The van der Waals surface area contributed by atoms with Crippen molar-refractivity contribution in [2.45, 2.75) is 26.3 Å². The molecule has 0 aromatic heterocycles. The first-order valence-corrected chi connectivity index (χ1v) is 9.93. The van der Waals surface area contributed by atoms with Crippen molar-refractivity contribution in [1.82, 2.24) is 9.80 Å². The molecule has 0 aliphatic carbocycles. The standard InChI is InChI=1S/C24H32N2O/c1-20(2)12-13-25-14-16-26(17-15-25)24(22-9-5-4-6-10-22)19-21-8-7-11-23(18-21)27-3/h4-12,18,24H,13-17,19H2,1-3H3. The van der Waals surface area contributed by atoms with Gasteiger partial charge in [-0.25, -0.2) is 0 Å². The number of hydrogen-bond acceptors (Lipinski definition) is 3. The van der Waals surface area contributed by atoms with E-state index < -0.39 is 0 Å². The molecule has 0 radical (unpaired) electrons. The van der Waals surface area contributed by atoms with Crippen molar-refractivity contribution in [3.8, 4) is 5.75 Å². The number of nitrogens with zero attached hydrogens (tertiary/aromatic N) is 2. The van der Waals surface area contributed by atoms with Crippen LogP contribution in [0.15, 0.2) is 66.2 Å². The van der Waals surface area contributed by atoms with E-state index in [1.54, 1.807) is 7.11 Å². The van der Waals surface area contributed by atoms with Gasteiger partial charge in [0.2, 0.25) is 0 Å². The van der Waals surface area contributed by atoms with Crippen LogP contribution in [0.1, 0.15) is 31.0 Å². The van der Waals surface area contributed by atoms with E-state index in [0.29, 0.717) is 6.04 Å². The van der Waals surface area contributed by atoms with Crippen molar-refractivity contribution < 1.29 is 4.74 Å². The van der Waals surface area contributed by atoms with Crippen LogP contribution < -0.4 is 4.74 Å². The SMILES string of the molecule is COc1cccc(CC(c2ccccc2)N2CCN(CC=C(C)C)CC2)c1. The van der Waals surface area contributed by atoms with E-state index in [1.807, 2.05) is 6.07 Å². The van der Waals surface area contributed by atoms with Gasteiger partial charge in [-0.05, 0) is 43.5 Å². The lowest BCUT2D eigenvalue weighted by atomic mass is 9.96. The Labute approximate surface area is 164 Å². The van der Waals surface area contributed by atoms with E-state index in [1.165, 1.54) is 16.7 Å². The zero-order valence-corrected chi connectivity index (χ0v) is 16.9. The highest BCUT2D eigenvalue weighted by atomic mass is 16.5. The Kier molecular flexibility index (Phi) is 7.08. The van der Waals surface area contributed by atoms with Gasteiger partial charge >= 0.3 is 0 Å². The predicted octanol–water partition coefficient (Wildman–Crippen LogP) is 4.56. The van der Waals surface area contributed by atoms with E-state index in [9.17, 15) is 0 Å². The average molecular weight is 365 g/mol. The fraction of sp³-hybridized carbons (Fsp3) is 0.417. The van der Waals surface area contributed by atoms with Gasteiger partial charge in [-0.2, -0.15) is 0 Å². The molecule has 0 bridgehead atoms. The highest BCUT2D eigenvalue weighted by molar-refractivity contribution is 5.31. The molecule has 1 heterocycles. The molecule has 3 rings (SSSR count). The van der Waals surface area contributed by atoms with Crippen LogP contribution in [0.25, 0.3) is 0 Å². The number of benzene rings is 2. The second kappa shape index (κ2) is 9.72. The second-order valence-electron chi connectivity index (χ2n) is 7.60. The summed E-state index contributed by atoms with van der Waals surface area (Å²) in [5.74, 6) is 0.936. The Morgan fingerprint density at radius 2 is 1.74 bits per heavy atom. The molecule has 1 atom stereocenters. The fourth-order valence-corrected chi connectivity index (χ4v) is 3.72. The van der Waals surface area contributed by atoms with E-state index >= 15 is 0 Å². The highest BCUT2D eigenvalue weighted by Crippen LogP contribution is 2.27. The molecule has 1 saturated heterocycles. The molecule has 1 fully saturated rings. The third-order valence-corrected chi connectivity index (χ3v) is 5.35. The first kappa shape index (κ1) is 19.7. The van der Waals surface area contributed by atoms with Gasteiger partial charge in [-0.15, -0.1) is 0 Å². The van der Waals surface area contributed by atoms with Gasteiger partial charge < -0.3 is 4.74 Å². The summed E-state index contributed by atoms with van der Waals surface area (Å²) in [4.78, 5) is 5.20. The van der Waals surface area contributed by atoms with Gasteiger partial charge in [0, 0.05) is 38.8 Å². The normalized spacial score (nSPS) is 16.7. The lowest BCUT2D eigenvalue weighted by Gasteiger charge is -2.39. The molecular weight excluding hydrogens is 332 g/mol. The number of methoxy groups -OCH3 is 1. The van der Waals surface area contributed by atoms with Gasteiger partial charge in [0.15, 0.2) is 0 Å². The summed E-state index contributed by atoms with van der Waals surface area (Å²) in [6.45, 7) is 9.91. The molecule has 1 aliphatic heterocycles. The minimum atomic E-state index is 0.406.